The zero-order valence-electron chi connectivity index (χ0n) is 21.2. The number of rotatable bonds is 19. The molecule has 2 rings (SSSR count). The molecule has 0 heterocycles. The highest BCUT2D eigenvalue weighted by molar-refractivity contribution is 5.92. The highest BCUT2D eigenvalue weighted by Crippen LogP contribution is 2.36. The van der Waals surface area contributed by atoms with E-state index < -0.39 is 0 Å². The first kappa shape index (κ1) is 27.2. The first-order chi connectivity index (χ1) is 16.2. The molecule has 0 aliphatic rings. The summed E-state index contributed by atoms with van der Waals surface area (Å²) < 4.78 is 11.5. The van der Waals surface area contributed by atoms with Gasteiger partial charge in [0.15, 0.2) is 11.5 Å². The molecule has 0 unspecified atom stereocenters. The average molecular weight is 455 g/mol. The largest absolute Gasteiger partial charge is 0.490 e. The third kappa shape index (κ3) is 11.6. The van der Waals surface area contributed by atoms with Crippen LogP contribution in [-0.4, -0.2) is 12.6 Å². The van der Waals surface area contributed by atoms with Gasteiger partial charge in [-0.2, -0.15) is 0 Å². The Bertz CT molecular complexity index is 783. The van der Waals surface area contributed by atoms with Crippen molar-refractivity contribution in [3.05, 3.63) is 36.4 Å². The van der Waals surface area contributed by atoms with E-state index in [0.29, 0.717) is 18.1 Å². The molecule has 0 spiro atoms. The normalized spacial score (nSPS) is 11.1. The lowest BCUT2D eigenvalue weighted by molar-refractivity contribution is -0.131. The van der Waals surface area contributed by atoms with Crippen LogP contribution in [0.5, 0.6) is 11.5 Å². The summed E-state index contributed by atoms with van der Waals surface area (Å²) in [4.78, 5) is 11.6. The summed E-state index contributed by atoms with van der Waals surface area (Å²) in [7, 11) is 0. The number of unbranched alkanes of at least 4 members (excludes halogenated alkanes) is 15. The molecule has 0 aromatic heterocycles. The van der Waals surface area contributed by atoms with Gasteiger partial charge in [0.05, 0.1) is 6.61 Å². The van der Waals surface area contributed by atoms with Gasteiger partial charge >= 0.3 is 5.97 Å². The summed E-state index contributed by atoms with van der Waals surface area (Å²) in [5.41, 5.74) is 0. The van der Waals surface area contributed by atoms with Crippen molar-refractivity contribution in [2.75, 3.05) is 6.61 Å². The molecule has 3 nitrogen and oxygen atoms in total. The van der Waals surface area contributed by atoms with E-state index in [2.05, 4.69) is 6.92 Å². The molecule has 33 heavy (non-hydrogen) atoms. The number of ether oxygens (including phenoxy) is 2. The smallest absolute Gasteiger partial charge is 0.308 e. The topological polar surface area (TPSA) is 35.5 Å². The second-order valence-corrected chi connectivity index (χ2v) is 9.36. The fourth-order valence-electron chi connectivity index (χ4n) is 4.42. The molecule has 2 aromatic rings. The molecular weight excluding hydrogens is 408 g/mol. The first-order valence-corrected chi connectivity index (χ1v) is 13.6. The summed E-state index contributed by atoms with van der Waals surface area (Å²) in [5.74, 6) is 0.876. The van der Waals surface area contributed by atoms with E-state index in [1.165, 1.54) is 103 Å². The summed E-state index contributed by atoms with van der Waals surface area (Å²) in [6.45, 7) is 4.37. The van der Waals surface area contributed by atoms with Crippen molar-refractivity contribution in [1.29, 1.82) is 0 Å². The van der Waals surface area contributed by atoms with Crippen LogP contribution >= 0.6 is 0 Å². The molecule has 0 radical (unpaired) electrons. The van der Waals surface area contributed by atoms with Crippen LogP contribution in [0.15, 0.2) is 36.4 Å². The van der Waals surface area contributed by atoms with Gasteiger partial charge in [0.25, 0.3) is 0 Å². The maximum atomic E-state index is 11.6. The maximum absolute atomic E-state index is 11.6. The highest BCUT2D eigenvalue weighted by atomic mass is 16.6. The quantitative estimate of drug-likeness (QED) is 0.120. The zero-order chi connectivity index (χ0) is 23.6. The number of fused-ring (bicyclic) bond motifs is 1. The van der Waals surface area contributed by atoms with E-state index in [0.717, 1.165) is 17.2 Å². The zero-order valence-corrected chi connectivity index (χ0v) is 21.2. The predicted octanol–water partition coefficient (Wildman–Crippen LogP) is 9.41. The SMILES string of the molecule is CCCCCCCCCCCCCCCCCCOc1ccc2ccccc2c1OC(C)=O. The minimum atomic E-state index is -0.321. The third-order valence-corrected chi connectivity index (χ3v) is 6.34. The van der Waals surface area contributed by atoms with Crippen LogP contribution in [-0.2, 0) is 4.79 Å². The van der Waals surface area contributed by atoms with Crippen molar-refractivity contribution in [2.24, 2.45) is 0 Å². The van der Waals surface area contributed by atoms with Crippen LogP contribution in [0.4, 0.5) is 0 Å². The van der Waals surface area contributed by atoms with Gasteiger partial charge in [-0.3, -0.25) is 4.79 Å². The number of carbonyl (C=O) groups excluding carboxylic acids is 1. The van der Waals surface area contributed by atoms with Crippen LogP contribution in [0.1, 0.15) is 117 Å². The molecule has 184 valence electrons. The molecule has 0 atom stereocenters. The predicted molar refractivity (Wildman–Crippen MR) is 140 cm³/mol. The fraction of sp³-hybridized carbons (Fsp3) is 0.633. The lowest BCUT2D eigenvalue weighted by Crippen LogP contribution is -2.05. The van der Waals surface area contributed by atoms with Gasteiger partial charge in [0, 0.05) is 12.3 Å². The molecule has 3 heteroatoms. The monoisotopic (exact) mass is 454 g/mol. The number of hydrogen-bond donors (Lipinski definition) is 0. The number of benzene rings is 2. The Hall–Kier alpha value is -2.03. The molecule has 0 bridgehead atoms. The van der Waals surface area contributed by atoms with Crippen LogP contribution < -0.4 is 9.47 Å². The molecule has 0 saturated heterocycles. The average Bonchev–Trinajstić information content (AvgIpc) is 2.82. The molecular formula is C30H46O3. The van der Waals surface area contributed by atoms with Crippen LogP contribution in [0.3, 0.4) is 0 Å². The maximum Gasteiger partial charge on any atom is 0.308 e. The summed E-state index contributed by atoms with van der Waals surface area (Å²) in [5, 5.41) is 1.96. The minimum Gasteiger partial charge on any atom is -0.490 e. The second kappa shape index (κ2) is 17.4. The minimum absolute atomic E-state index is 0.321. The van der Waals surface area contributed by atoms with E-state index >= 15 is 0 Å². The van der Waals surface area contributed by atoms with E-state index in [1.807, 2.05) is 36.4 Å². The van der Waals surface area contributed by atoms with Gasteiger partial charge in [-0.15, -0.1) is 0 Å². The van der Waals surface area contributed by atoms with E-state index in [4.69, 9.17) is 9.47 Å². The Morgan fingerprint density at radius 2 is 1.18 bits per heavy atom. The van der Waals surface area contributed by atoms with Crippen molar-refractivity contribution in [3.63, 3.8) is 0 Å². The van der Waals surface area contributed by atoms with Crippen molar-refractivity contribution < 1.29 is 14.3 Å². The van der Waals surface area contributed by atoms with Gasteiger partial charge in [-0.25, -0.2) is 0 Å². The Kier molecular flexibility index (Phi) is 14.4. The number of esters is 1. The molecule has 0 fully saturated rings. The lowest BCUT2D eigenvalue weighted by Gasteiger charge is -2.13. The van der Waals surface area contributed by atoms with E-state index in [-0.39, 0.29) is 5.97 Å². The molecule has 0 aliphatic heterocycles. The molecule has 0 amide bonds. The summed E-state index contributed by atoms with van der Waals surface area (Å²) in [6.07, 6.45) is 21.7. The van der Waals surface area contributed by atoms with Crippen LogP contribution in [0.25, 0.3) is 10.8 Å². The third-order valence-electron chi connectivity index (χ3n) is 6.34. The Morgan fingerprint density at radius 3 is 1.73 bits per heavy atom. The Morgan fingerprint density at radius 1 is 0.667 bits per heavy atom. The summed E-state index contributed by atoms with van der Waals surface area (Å²) in [6, 6.07) is 11.8. The molecule has 0 N–H and O–H groups in total. The standard InChI is InChI=1S/C30H46O3/c1-3-4-5-6-7-8-9-10-11-12-13-14-15-16-17-20-25-32-29-24-23-27-21-18-19-22-28(27)30(29)33-26(2)31/h18-19,21-24H,3-17,20,25H2,1-2H3. The van der Waals surface area contributed by atoms with Gasteiger partial charge in [-0.1, -0.05) is 134 Å². The number of hydrogen-bond acceptors (Lipinski definition) is 3. The number of carbonyl (C=O) groups is 1. The first-order valence-electron chi connectivity index (χ1n) is 13.6. The second-order valence-electron chi connectivity index (χ2n) is 9.36. The van der Waals surface area contributed by atoms with Crippen molar-refractivity contribution in [1.82, 2.24) is 0 Å². The molecule has 0 saturated carbocycles. The fourth-order valence-corrected chi connectivity index (χ4v) is 4.42. The van der Waals surface area contributed by atoms with E-state index in [9.17, 15) is 4.79 Å². The van der Waals surface area contributed by atoms with E-state index in [1.54, 1.807) is 0 Å². The Labute approximate surface area is 202 Å². The van der Waals surface area contributed by atoms with Crippen molar-refractivity contribution in [3.8, 4) is 11.5 Å². The molecule has 0 aliphatic carbocycles. The lowest BCUT2D eigenvalue weighted by atomic mass is 10.0. The molecule has 2 aromatic carbocycles. The van der Waals surface area contributed by atoms with Crippen molar-refractivity contribution in [2.45, 2.75) is 117 Å². The summed E-state index contributed by atoms with van der Waals surface area (Å²) >= 11 is 0. The van der Waals surface area contributed by atoms with Gasteiger partial charge < -0.3 is 9.47 Å². The van der Waals surface area contributed by atoms with Gasteiger partial charge in [-0.05, 0) is 17.9 Å². The van der Waals surface area contributed by atoms with Gasteiger partial charge in [0.1, 0.15) is 0 Å². The van der Waals surface area contributed by atoms with Crippen molar-refractivity contribution >= 4 is 16.7 Å². The van der Waals surface area contributed by atoms with Gasteiger partial charge in [0.2, 0.25) is 0 Å². The van der Waals surface area contributed by atoms with Crippen LogP contribution in [0, 0.1) is 0 Å². The van der Waals surface area contributed by atoms with Crippen LogP contribution in [0.2, 0.25) is 0 Å². The highest BCUT2D eigenvalue weighted by Gasteiger charge is 2.12. The Balaban J connectivity index is 1.49.